The predicted octanol–water partition coefficient (Wildman–Crippen LogP) is 4.41. The van der Waals surface area contributed by atoms with Crippen LogP contribution >= 0.6 is 11.3 Å². The van der Waals surface area contributed by atoms with E-state index in [0.29, 0.717) is 52.1 Å². The zero-order valence-electron chi connectivity index (χ0n) is 17.6. The fraction of sp³-hybridized carbons (Fsp3) is 0.304. The van der Waals surface area contributed by atoms with E-state index in [9.17, 15) is 9.18 Å². The third kappa shape index (κ3) is 4.89. The number of terminal acetylenes is 1. The van der Waals surface area contributed by atoms with E-state index in [-0.39, 0.29) is 17.9 Å². The Balaban J connectivity index is 2.13. The lowest BCUT2D eigenvalue weighted by Gasteiger charge is -2.16. The number of rotatable bonds is 8. The van der Waals surface area contributed by atoms with E-state index >= 15 is 0 Å². The van der Waals surface area contributed by atoms with Gasteiger partial charge in [0.25, 0.3) is 5.91 Å². The molecular formula is C23H23FN2O4S. The van der Waals surface area contributed by atoms with Gasteiger partial charge in [0.05, 0.1) is 36.6 Å². The molecule has 8 heteroatoms. The number of carbonyl (C=O) groups is 1. The highest BCUT2D eigenvalue weighted by molar-refractivity contribution is 7.16. The molecule has 162 valence electrons. The van der Waals surface area contributed by atoms with Gasteiger partial charge in [-0.2, -0.15) is 4.99 Å². The van der Waals surface area contributed by atoms with E-state index in [2.05, 4.69) is 10.9 Å². The Morgan fingerprint density at radius 3 is 2.32 bits per heavy atom. The molecule has 1 aromatic heterocycles. The highest BCUT2D eigenvalue weighted by Gasteiger charge is 2.18. The van der Waals surface area contributed by atoms with E-state index in [4.69, 9.17) is 20.6 Å². The van der Waals surface area contributed by atoms with E-state index in [0.717, 1.165) is 0 Å². The van der Waals surface area contributed by atoms with Gasteiger partial charge in [-0.15, -0.1) is 6.42 Å². The van der Waals surface area contributed by atoms with Crippen LogP contribution in [0.25, 0.3) is 10.2 Å². The number of carbonyl (C=O) groups excluding carboxylic acids is 1. The van der Waals surface area contributed by atoms with Crippen molar-refractivity contribution in [3.8, 4) is 29.6 Å². The first kappa shape index (κ1) is 22.4. The van der Waals surface area contributed by atoms with Gasteiger partial charge >= 0.3 is 0 Å². The summed E-state index contributed by atoms with van der Waals surface area (Å²) < 4.78 is 33.0. The number of aromatic nitrogens is 1. The summed E-state index contributed by atoms with van der Waals surface area (Å²) in [4.78, 5) is 17.7. The summed E-state index contributed by atoms with van der Waals surface area (Å²) >= 11 is 1.19. The number of benzene rings is 2. The molecule has 0 saturated carbocycles. The molecule has 0 atom stereocenters. The number of fused-ring (bicyclic) bond motifs is 1. The van der Waals surface area contributed by atoms with Crippen molar-refractivity contribution >= 4 is 27.5 Å². The van der Waals surface area contributed by atoms with Crippen LogP contribution in [0.2, 0.25) is 0 Å². The molecule has 1 heterocycles. The van der Waals surface area contributed by atoms with E-state index in [1.54, 1.807) is 22.8 Å². The molecule has 3 rings (SSSR count). The molecule has 0 bridgehead atoms. The molecule has 0 saturated heterocycles. The minimum atomic E-state index is -0.497. The molecule has 3 aromatic rings. The zero-order chi connectivity index (χ0) is 22.4. The van der Waals surface area contributed by atoms with Crippen LogP contribution in [0.1, 0.15) is 31.1 Å². The lowest BCUT2D eigenvalue weighted by atomic mass is 10.1. The molecule has 0 N–H and O–H groups in total. The van der Waals surface area contributed by atoms with Crippen LogP contribution in [-0.2, 0) is 6.54 Å². The van der Waals surface area contributed by atoms with Crippen LogP contribution < -0.4 is 19.0 Å². The molecule has 0 spiro atoms. The minimum Gasteiger partial charge on any atom is -0.490 e. The second-order valence-electron chi connectivity index (χ2n) is 6.30. The summed E-state index contributed by atoms with van der Waals surface area (Å²) in [5.74, 6) is 2.95. The maximum absolute atomic E-state index is 13.6. The predicted molar refractivity (Wildman–Crippen MR) is 118 cm³/mol. The van der Waals surface area contributed by atoms with Gasteiger partial charge in [-0.3, -0.25) is 4.79 Å². The standard InChI is InChI=1S/C23H23FN2O4S/c1-5-11-26-17-10-9-16(24)14-20(17)31-23(26)25-22(27)15-12-18(28-6-2)21(30-8-4)19(13-15)29-7-3/h1,9-10,12-14H,6-8,11H2,2-4H3. The molecule has 0 unspecified atom stereocenters. The minimum absolute atomic E-state index is 0.204. The SMILES string of the molecule is C#CCn1c(=NC(=O)c2cc(OCC)c(OCC)c(OCC)c2)sc2cc(F)ccc21. The Kier molecular flexibility index (Phi) is 7.32. The number of amides is 1. The van der Waals surface area contributed by atoms with Crippen LogP contribution in [0, 0.1) is 18.2 Å². The van der Waals surface area contributed by atoms with E-state index < -0.39 is 5.91 Å². The Labute approximate surface area is 183 Å². The maximum atomic E-state index is 13.6. The number of halogens is 1. The lowest BCUT2D eigenvalue weighted by Crippen LogP contribution is -2.16. The fourth-order valence-corrected chi connectivity index (χ4v) is 4.09. The fourth-order valence-electron chi connectivity index (χ4n) is 3.04. The number of ether oxygens (including phenoxy) is 3. The van der Waals surface area contributed by atoms with Gasteiger partial charge in [0.15, 0.2) is 16.3 Å². The van der Waals surface area contributed by atoms with Gasteiger partial charge < -0.3 is 18.8 Å². The number of thiazole rings is 1. The summed E-state index contributed by atoms with van der Waals surface area (Å²) in [6.07, 6.45) is 5.49. The average molecular weight is 443 g/mol. The van der Waals surface area contributed by atoms with Gasteiger partial charge in [-0.1, -0.05) is 17.3 Å². The summed E-state index contributed by atoms with van der Waals surface area (Å²) in [6, 6.07) is 7.54. The van der Waals surface area contributed by atoms with Crippen molar-refractivity contribution in [2.24, 2.45) is 4.99 Å². The average Bonchev–Trinajstić information content (AvgIpc) is 3.06. The van der Waals surface area contributed by atoms with Crippen LogP contribution in [0.3, 0.4) is 0 Å². The van der Waals surface area contributed by atoms with Crippen molar-refractivity contribution in [3.05, 3.63) is 46.5 Å². The van der Waals surface area contributed by atoms with Crippen molar-refractivity contribution in [3.63, 3.8) is 0 Å². The van der Waals surface area contributed by atoms with Crippen molar-refractivity contribution < 1.29 is 23.4 Å². The Hall–Kier alpha value is -3.31. The zero-order valence-corrected chi connectivity index (χ0v) is 18.4. The van der Waals surface area contributed by atoms with Crippen molar-refractivity contribution in [1.29, 1.82) is 0 Å². The maximum Gasteiger partial charge on any atom is 0.279 e. The monoisotopic (exact) mass is 442 g/mol. The molecule has 0 aliphatic heterocycles. The highest BCUT2D eigenvalue weighted by Crippen LogP contribution is 2.39. The third-order valence-electron chi connectivity index (χ3n) is 4.25. The van der Waals surface area contributed by atoms with Crippen LogP contribution in [0.5, 0.6) is 17.2 Å². The van der Waals surface area contributed by atoms with Crippen molar-refractivity contribution in [2.45, 2.75) is 27.3 Å². The Morgan fingerprint density at radius 1 is 1.10 bits per heavy atom. The van der Waals surface area contributed by atoms with E-state index in [1.807, 2.05) is 20.8 Å². The second-order valence-corrected chi connectivity index (χ2v) is 7.31. The molecule has 0 radical (unpaired) electrons. The second kappa shape index (κ2) is 10.1. The summed E-state index contributed by atoms with van der Waals surface area (Å²) in [5.41, 5.74) is 0.999. The third-order valence-corrected chi connectivity index (χ3v) is 5.29. The quantitative estimate of drug-likeness (QED) is 0.485. The molecule has 2 aromatic carbocycles. The largest absolute Gasteiger partial charge is 0.490 e. The van der Waals surface area contributed by atoms with Crippen molar-refractivity contribution in [2.75, 3.05) is 19.8 Å². The molecule has 31 heavy (non-hydrogen) atoms. The molecular weight excluding hydrogens is 419 g/mol. The summed E-state index contributed by atoms with van der Waals surface area (Å²) in [6.45, 7) is 6.95. The topological polar surface area (TPSA) is 62.1 Å². The van der Waals surface area contributed by atoms with Gasteiger partial charge in [0.1, 0.15) is 5.82 Å². The van der Waals surface area contributed by atoms with E-state index in [1.165, 1.54) is 23.5 Å². The number of nitrogens with zero attached hydrogens (tertiary/aromatic N) is 2. The first-order chi connectivity index (χ1) is 15.0. The highest BCUT2D eigenvalue weighted by atomic mass is 32.1. The summed E-state index contributed by atoms with van der Waals surface area (Å²) in [5, 5.41) is 0. The summed E-state index contributed by atoms with van der Waals surface area (Å²) in [7, 11) is 0. The Morgan fingerprint density at radius 2 is 1.74 bits per heavy atom. The van der Waals surface area contributed by atoms with Crippen molar-refractivity contribution in [1.82, 2.24) is 4.57 Å². The van der Waals surface area contributed by atoms with Crippen LogP contribution in [-0.4, -0.2) is 30.3 Å². The first-order valence-corrected chi connectivity index (χ1v) is 10.7. The van der Waals surface area contributed by atoms with Crippen LogP contribution in [0.15, 0.2) is 35.3 Å². The van der Waals surface area contributed by atoms with Crippen LogP contribution in [0.4, 0.5) is 4.39 Å². The molecule has 0 aliphatic rings. The van der Waals surface area contributed by atoms with Gasteiger partial charge in [-0.25, -0.2) is 4.39 Å². The molecule has 1 amide bonds. The molecule has 6 nitrogen and oxygen atoms in total. The van der Waals surface area contributed by atoms with Gasteiger partial charge in [-0.05, 0) is 51.1 Å². The lowest BCUT2D eigenvalue weighted by molar-refractivity contribution is 0.0996. The Bertz CT molecular complexity index is 1180. The molecule has 0 aliphatic carbocycles. The number of hydrogen-bond acceptors (Lipinski definition) is 5. The first-order valence-electron chi connectivity index (χ1n) is 9.90. The smallest absolute Gasteiger partial charge is 0.279 e. The normalized spacial score (nSPS) is 11.4. The van der Waals surface area contributed by atoms with Gasteiger partial charge in [0.2, 0.25) is 5.75 Å². The van der Waals surface area contributed by atoms with Gasteiger partial charge in [0, 0.05) is 5.56 Å². The number of hydrogen-bond donors (Lipinski definition) is 0. The molecule has 0 fully saturated rings.